The Morgan fingerprint density at radius 1 is 0.960 bits per heavy atom. The lowest BCUT2D eigenvalue weighted by Gasteiger charge is -2.21. The van der Waals surface area contributed by atoms with E-state index in [0.717, 1.165) is 29.5 Å². The molecule has 4 nitrogen and oxygen atoms in total. The van der Waals surface area contributed by atoms with Gasteiger partial charge in [0, 0.05) is 27.9 Å². The lowest BCUT2D eigenvalue weighted by atomic mass is 10.1. The molecule has 0 aliphatic heterocycles. The van der Waals surface area contributed by atoms with Crippen LogP contribution < -0.4 is 5.32 Å². The molecule has 0 saturated heterocycles. The molecular formula is C20H23IN2O2. The van der Waals surface area contributed by atoms with E-state index in [1.807, 2.05) is 23.1 Å². The van der Waals surface area contributed by atoms with Gasteiger partial charge in [-0.1, -0.05) is 26.0 Å². The number of hydrogen-bond donors (Lipinski definition) is 1. The Balaban J connectivity index is 2.08. The molecule has 5 heteroatoms. The maximum Gasteiger partial charge on any atom is 0.256 e. The smallest absolute Gasteiger partial charge is 0.256 e. The van der Waals surface area contributed by atoms with Crippen LogP contribution in [0.1, 0.15) is 47.4 Å². The van der Waals surface area contributed by atoms with Gasteiger partial charge >= 0.3 is 0 Å². The van der Waals surface area contributed by atoms with Gasteiger partial charge in [0.05, 0.1) is 5.56 Å². The molecule has 2 aromatic carbocycles. The van der Waals surface area contributed by atoms with Gasteiger partial charge in [0.1, 0.15) is 0 Å². The number of nitrogens with one attached hydrogen (secondary N) is 1. The van der Waals surface area contributed by atoms with E-state index >= 15 is 0 Å². The molecule has 0 unspecified atom stereocenters. The molecule has 0 aliphatic carbocycles. The van der Waals surface area contributed by atoms with Crippen molar-refractivity contribution in [1.29, 1.82) is 0 Å². The molecule has 2 rings (SSSR count). The van der Waals surface area contributed by atoms with Gasteiger partial charge in [0.25, 0.3) is 11.8 Å². The normalized spacial score (nSPS) is 10.4. The second-order valence-corrected chi connectivity index (χ2v) is 6.97. The molecule has 0 heterocycles. The predicted octanol–water partition coefficient (Wildman–Crippen LogP) is 4.81. The first-order chi connectivity index (χ1) is 12.1. The van der Waals surface area contributed by atoms with Gasteiger partial charge in [-0.15, -0.1) is 0 Å². The highest BCUT2D eigenvalue weighted by Gasteiger charge is 2.14. The lowest BCUT2D eigenvalue weighted by Crippen LogP contribution is -2.32. The molecule has 25 heavy (non-hydrogen) atoms. The van der Waals surface area contributed by atoms with Gasteiger partial charge < -0.3 is 10.2 Å². The van der Waals surface area contributed by atoms with E-state index in [-0.39, 0.29) is 11.8 Å². The average molecular weight is 450 g/mol. The van der Waals surface area contributed by atoms with E-state index in [2.05, 4.69) is 41.8 Å². The largest absolute Gasteiger partial charge is 0.339 e. The van der Waals surface area contributed by atoms with Crippen LogP contribution in [0.25, 0.3) is 0 Å². The Kier molecular flexibility index (Phi) is 7.43. The molecule has 0 aromatic heterocycles. The van der Waals surface area contributed by atoms with Gasteiger partial charge in [-0.2, -0.15) is 0 Å². The van der Waals surface area contributed by atoms with Gasteiger partial charge in [-0.05, 0) is 71.8 Å². The van der Waals surface area contributed by atoms with E-state index in [1.165, 1.54) is 0 Å². The average Bonchev–Trinajstić information content (AvgIpc) is 2.62. The minimum atomic E-state index is -0.150. The first kappa shape index (κ1) is 19.4. The summed E-state index contributed by atoms with van der Waals surface area (Å²) in [5, 5.41) is 2.88. The molecule has 0 radical (unpaired) electrons. The van der Waals surface area contributed by atoms with Crippen LogP contribution in [0.15, 0.2) is 48.5 Å². The number of benzene rings is 2. The van der Waals surface area contributed by atoms with Crippen molar-refractivity contribution >= 4 is 40.1 Å². The van der Waals surface area contributed by atoms with Crippen molar-refractivity contribution in [3.05, 3.63) is 63.2 Å². The third-order valence-corrected chi connectivity index (χ3v) is 4.72. The van der Waals surface area contributed by atoms with Crippen LogP contribution in [0.2, 0.25) is 0 Å². The summed E-state index contributed by atoms with van der Waals surface area (Å²) in [6.07, 6.45) is 1.88. The summed E-state index contributed by atoms with van der Waals surface area (Å²) >= 11 is 2.14. The minimum Gasteiger partial charge on any atom is -0.339 e. The van der Waals surface area contributed by atoms with Gasteiger partial charge in [-0.3, -0.25) is 9.59 Å². The fourth-order valence-corrected chi connectivity index (χ4v) is 3.21. The quantitative estimate of drug-likeness (QED) is 0.616. The number of hydrogen-bond acceptors (Lipinski definition) is 2. The fourth-order valence-electron chi connectivity index (χ4n) is 2.58. The number of halogens is 1. The Labute approximate surface area is 162 Å². The second-order valence-electron chi connectivity index (χ2n) is 5.80. The molecule has 0 saturated carbocycles. The van der Waals surface area contributed by atoms with E-state index in [1.54, 1.807) is 30.3 Å². The van der Waals surface area contributed by atoms with Crippen LogP contribution in [-0.4, -0.2) is 29.8 Å². The van der Waals surface area contributed by atoms with Crippen molar-refractivity contribution in [1.82, 2.24) is 4.90 Å². The van der Waals surface area contributed by atoms with Gasteiger partial charge in [-0.25, -0.2) is 0 Å². The highest BCUT2D eigenvalue weighted by atomic mass is 127. The highest BCUT2D eigenvalue weighted by Crippen LogP contribution is 2.16. The first-order valence-electron chi connectivity index (χ1n) is 8.52. The highest BCUT2D eigenvalue weighted by molar-refractivity contribution is 14.1. The Bertz CT molecular complexity index is 723. The third kappa shape index (κ3) is 5.29. The van der Waals surface area contributed by atoms with Crippen molar-refractivity contribution in [2.45, 2.75) is 26.7 Å². The summed E-state index contributed by atoms with van der Waals surface area (Å²) in [6, 6.07) is 14.5. The summed E-state index contributed by atoms with van der Waals surface area (Å²) in [6.45, 7) is 5.66. The Morgan fingerprint density at radius 3 is 2.12 bits per heavy atom. The minimum absolute atomic E-state index is 0.0409. The van der Waals surface area contributed by atoms with Crippen molar-refractivity contribution < 1.29 is 9.59 Å². The number of carbonyl (C=O) groups excluding carboxylic acids is 2. The van der Waals surface area contributed by atoms with Crippen molar-refractivity contribution in [2.24, 2.45) is 0 Å². The molecule has 0 spiro atoms. The molecule has 2 aromatic rings. The van der Waals surface area contributed by atoms with Crippen LogP contribution in [0.4, 0.5) is 5.69 Å². The fraction of sp³-hybridized carbons (Fsp3) is 0.300. The molecule has 0 aliphatic rings. The number of carbonyl (C=O) groups is 2. The first-order valence-corrected chi connectivity index (χ1v) is 9.59. The van der Waals surface area contributed by atoms with Gasteiger partial charge in [0.2, 0.25) is 0 Å². The summed E-state index contributed by atoms with van der Waals surface area (Å²) in [5.74, 6) is -0.109. The zero-order valence-corrected chi connectivity index (χ0v) is 16.7. The summed E-state index contributed by atoms with van der Waals surface area (Å²) in [7, 11) is 0. The maximum atomic E-state index is 12.6. The third-order valence-electron chi connectivity index (χ3n) is 3.78. The zero-order valence-electron chi connectivity index (χ0n) is 14.6. The van der Waals surface area contributed by atoms with E-state index in [9.17, 15) is 9.59 Å². The molecule has 0 bridgehead atoms. The van der Waals surface area contributed by atoms with Crippen molar-refractivity contribution in [2.75, 3.05) is 18.4 Å². The maximum absolute atomic E-state index is 12.6. The lowest BCUT2D eigenvalue weighted by molar-refractivity contribution is 0.0755. The summed E-state index contributed by atoms with van der Waals surface area (Å²) in [4.78, 5) is 26.8. The second kappa shape index (κ2) is 9.56. The van der Waals surface area contributed by atoms with Gasteiger partial charge in [0.15, 0.2) is 0 Å². The Hall–Kier alpha value is -1.89. The van der Waals surface area contributed by atoms with Crippen molar-refractivity contribution in [3.63, 3.8) is 0 Å². The van der Waals surface area contributed by atoms with Crippen LogP contribution in [0.5, 0.6) is 0 Å². The Morgan fingerprint density at radius 2 is 1.56 bits per heavy atom. The summed E-state index contributed by atoms with van der Waals surface area (Å²) in [5.41, 5.74) is 1.97. The van der Waals surface area contributed by atoms with Crippen molar-refractivity contribution in [3.8, 4) is 0 Å². The number of rotatable bonds is 7. The topological polar surface area (TPSA) is 49.4 Å². The molecule has 1 N–H and O–H groups in total. The SMILES string of the molecule is CCCN(CCC)C(=O)c1ccc(NC(=O)c2ccccc2I)cc1. The zero-order chi connectivity index (χ0) is 18.2. The van der Waals surface area contributed by atoms with Crippen LogP contribution >= 0.6 is 22.6 Å². The number of anilines is 1. The monoisotopic (exact) mass is 450 g/mol. The predicted molar refractivity (Wildman–Crippen MR) is 110 cm³/mol. The van der Waals surface area contributed by atoms with E-state index in [4.69, 9.17) is 0 Å². The molecule has 132 valence electrons. The summed E-state index contributed by atoms with van der Waals surface area (Å²) < 4.78 is 0.902. The van der Waals surface area contributed by atoms with E-state index in [0.29, 0.717) is 16.8 Å². The molecule has 2 amide bonds. The van der Waals surface area contributed by atoms with Crippen LogP contribution in [0.3, 0.4) is 0 Å². The molecule has 0 fully saturated rings. The standard InChI is InChI=1S/C20H23IN2O2/c1-3-13-23(14-4-2)20(25)15-9-11-16(12-10-15)22-19(24)17-7-5-6-8-18(17)21/h5-12H,3-4,13-14H2,1-2H3,(H,22,24). The molecular weight excluding hydrogens is 427 g/mol. The van der Waals surface area contributed by atoms with E-state index < -0.39 is 0 Å². The molecule has 0 atom stereocenters. The number of amides is 2. The van der Waals surface area contributed by atoms with Crippen LogP contribution in [0, 0.1) is 3.57 Å². The van der Waals surface area contributed by atoms with Crippen LogP contribution in [-0.2, 0) is 0 Å². The number of nitrogens with zero attached hydrogens (tertiary/aromatic N) is 1.